The van der Waals surface area contributed by atoms with Crippen molar-refractivity contribution in [2.75, 3.05) is 99.6 Å². The van der Waals surface area contributed by atoms with Crippen LogP contribution in [-0.2, 0) is 39.8 Å². The summed E-state index contributed by atoms with van der Waals surface area (Å²) >= 11 is 0. The lowest BCUT2D eigenvalue weighted by molar-refractivity contribution is 0.122. The minimum atomic E-state index is -2.73. The first-order valence-corrected chi connectivity index (χ1v) is 18.5. The van der Waals surface area contributed by atoms with Crippen LogP contribution in [0.1, 0.15) is 19.3 Å². The van der Waals surface area contributed by atoms with E-state index in [-0.39, 0.29) is 5.95 Å². The van der Waals surface area contributed by atoms with Crippen LogP contribution in [0, 0.1) is 0 Å². The number of rotatable bonds is 23. The van der Waals surface area contributed by atoms with Crippen molar-refractivity contribution in [3.63, 3.8) is 0 Å². The molecule has 0 saturated heterocycles. The van der Waals surface area contributed by atoms with Crippen molar-refractivity contribution in [1.29, 1.82) is 0 Å². The normalized spacial score (nSPS) is 12.6. The van der Waals surface area contributed by atoms with Gasteiger partial charge in [-0.05, 0) is 19.3 Å². The van der Waals surface area contributed by atoms with E-state index in [1.807, 2.05) is 4.90 Å². The second-order valence-corrected chi connectivity index (χ2v) is 17.7. The van der Waals surface area contributed by atoms with Gasteiger partial charge in [-0.1, -0.05) is 0 Å². The lowest BCUT2D eigenvalue weighted by Crippen LogP contribution is -2.44. The number of anilines is 3. The Balaban J connectivity index is 3.01. The van der Waals surface area contributed by atoms with E-state index in [1.54, 1.807) is 64.0 Å². The lowest BCUT2D eigenvalue weighted by Gasteiger charge is -2.28. The van der Waals surface area contributed by atoms with E-state index in [1.165, 1.54) is 0 Å². The zero-order valence-corrected chi connectivity index (χ0v) is 27.9. The van der Waals surface area contributed by atoms with Crippen LogP contribution in [-0.4, -0.2) is 125 Å². The summed E-state index contributed by atoms with van der Waals surface area (Å²) < 4.78 is 49.9. The summed E-state index contributed by atoms with van der Waals surface area (Å²) in [7, 11) is 6.28. The molecule has 1 aromatic rings. The van der Waals surface area contributed by atoms with E-state index in [9.17, 15) is 0 Å². The molecule has 0 atom stereocenters. The van der Waals surface area contributed by atoms with E-state index < -0.39 is 26.4 Å². The molecule has 0 fully saturated rings. The average molecular weight is 613 g/mol. The van der Waals surface area contributed by atoms with Gasteiger partial charge >= 0.3 is 26.4 Å². The predicted octanol–water partition coefficient (Wildman–Crippen LogP) is 1.48. The van der Waals surface area contributed by atoms with Crippen LogP contribution in [0.5, 0.6) is 0 Å². The second kappa shape index (κ2) is 18.2. The van der Waals surface area contributed by atoms with E-state index in [0.717, 1.165) is 19.3 Å². The highest BCUT2D eigenvalue weighted by molar-refractivity contribution is 6.61. The van der Waals surface area contributed by atoms with Gasteiger partial charge in [0.1, 0.15) is 0 Å². The fourth-order valence-corrected chi connectivity index (χ4v) is 9.19. The van der Waals surface area contributed by atoms with Gasteiger partial charge in [0.15, 0.2) is 0 Å². The largest absolute Gasteiger partial charge is 0.500 e. The zero-order valence-electron chi connectivity index (χ0n) is 24.9. The van der Waals surface area contributed by atoms with Gasteiger partial charge < -0.3 is 55.8 Å². The second-order valence-electron chi connectivity index (χ2n) is 8.43. The molecule has 0 spiro atoms. The van der Waals surface area contributed by atoms with Crippen LogP contribution in [0.2, 0.25) is 18.1 Å². The number of nitrogens with one attached hydrogen (secondary N) is 1. The molecule has 0 aliphatic carbocycles. The maximum atomic E-state index is 6.07. The first kappa shape index (κ1) is 35.7. The molecule has 0 radical (unpaired) electrons. The smallest absolute Gasteiger partial charge is 0.377 e. The molecule has 18 heteroatoms. The fraction of sp³-hybridized carbons (Fsp3) is 0.857. The molecule has 0 aromatic carbocycles. The molecule has 0 saturated carbocycles. The summed E-state index contributed by atoms with van der Waals surface area (Å²) in [6, 6.07) is 1.88. The number of nitrogen functional groups attached to an aromatic ring is 1. The Hall–Kier alpha value is -1.30. The highest BCUT2D eigenvalue weighted by Gasteiger charge is 2.39. The standard InChI is InChI=1S/C21H48N6O9Si3/c1-28-37(29-2,30-3)16-10-13-23-20-24-19(22)25-21(26-20)27(14-11-17-38(31-4,32-5)33-6)15-12-18-39(34-7,35-8)36-9/h10-18H2,1-9H3,(H3,22,23,24,25,26). The fourth-order valence-electron chi connectivity index (χ4n) is 4.06. The molecule has 15 nitrogen and oxygen atoms in total. The quantitative estimate of drug-likeness (QED) is 0.135. The van der Waals surface area contributed by atoms with Gasteiger partial charge in [-0.2, -0.15) is 15.0 Å². The minimum absolute atomic E-state index is 0.116. The molecular formula is C21H48N6O9Si3. The Morgan fingerprint density at radius 2 is 0.974 bits per heavy atom. The molecule has 1 rings (SSSR count). The van der Waals surface area contributed by atoms with E-state index >= 15 is 0 Å². The molecule has 0 bridgehead atoms. The molecular weight excluding hydrogens is 565 g/mol. The van der Waals surface area contributed by atoms with Gasteiger partial charge in [0.25, 0.3) is 0 Å². The molecule has 0 aliphatic rings. The summed E-state index contributed by atoms with van der Waals surface area (Å²) in [6.07, 6.45) is 2.16. The summed E-state index contributed by atoms with van der Waals surface area (Å²) in [4.78, 5) is 15.4. The van der Waals surface area contributed by atoms with Crippen molar-refractivity contribution in [2.24, 2.45) is 0 Å². The van der Waals surface area contributed by atoms with E-state index in [4.69, 9.17) is 45.6 Å². The van der Waals surface area contributed by atoms with Crippen LogP contribution in [0.15, 0.2) is 0 Å². The van der Waals surface area contributed by atoms with Crippen molar-refractivity contribution < 1.29 is 39.8 Å². The number of aromatic nitrogens is 3. The summed E-state index contributed by atoms with van der Waals surface area (Å²) in [5.74, 6) is 0.954. The Morgan fingerprint density at radius 3 is 1.36 bits per heavy atom. The van der Waals surface area contributed by atoms with Crippen molar-refractivity contribution >= 4 is 44.3 Å². The van der Waals surface area contributed by atoms with E-state index in [0.29, 0.717) is 49.7 Å². The number of hydrogen-bond acceptors (Lipinski definition) is 15. The zero-order chi connectivity index (χ0) is 29.4. The molecule has 1 heterocycles. The molecule has 0 aliphatic heterocycles. The average Bonchev–Trinajstić information content (AvgIpc) is 2.97. The van der Waals surface area contributed by atoms with Crippen LogP contribution in [0.4, 0.5) is 17.8 Å². The van der Waals surface area contributed by atoms with Gasteiger partial charge in [-0.25, -0.2) is 0 Å². The SMILES string of the molecule is CO[Si](CCCNc1nc(N)nc(N(CCC[Si](OC)(OC)OC)CCC[Si](OC)(OC)OC)n1)(OC)OC. The first-order valence-electron chi connectivity index (χ1n) is 12.7. The maximum Gasteiger partial charge on any atom is 0.500 e. The van der Waals surface area contributed by atoms with Gasteiger partial charge in [0, 0.05) is 102 Å². The van der Waals surface area contributed by atoms with Gasteiger partial charge in [0.05, 0.1) is 0 Å². The van der Waals surface area contributed by atoms with Crippen molar-refractivity contribution in [2.45, 2.75) is 37.4 Å². The monoisotopic (exact) mass is 612 g/mol. The Kier molecular flexibility index (Phi) is 16.7. The Labute approximate surface area is 236 Å². The Bertz CT molecular complexity index is 758. The highest BCUT2D eigenvalue weighted by Crippen LogP contribution is 2.21. The third-order valence-electron chi connectivity index (χ3n) is 6.49. The van der Waals surface area contributed by atoms with Crippen molar-refractivity contribution in [3.8, 4) is 0 Å². The summed E-state index contributed by atoms with van der Waals surface area (Å²) in [5.41, 5.74) is 6.07. The molecule has 0 amide bonds. The van der Waals surface area contributed by atoms with Gasteiger partial charge in [-0.15, -0.1) is 0 Å². The molecule has 228 valence electrons. The lowest BCUT2D eigenvalue weighted by atomic mass is 10.3. The molecule has 39 heavy (non-hydrogen) atoms. The predicted molar refractivity (Wildman–Crippen MR) is 154 cm³/mol. The third-order valence-corrected chi connectivity index (χ3v) is 15.0. The maximum absolute atomic E-state index is 6.07. The van der Waals surface area contributed by atoms with Crippen LogP contribution < -0.4 is 16.0 Å². The van der Waals surface area contributed by atoms with Crippen LogP contribution in [0.3, 0.4) is 0 Å². The van der Waals surface area contributed by atoms with Crippen LogP contribution >= 0.6 is 0 Å². The topological polar surface area (TPSA) is 163 Å². The third kappa shape index (κ3) is 10.9. The number of nitrogens with two attached hydrogens (primary N) is 1. The molecule has 0 unspecified atom stereocenters. The van der Waals surface area contributed by atoms with Crippen molar-refractivity contribution in [1.82, 2.24) is 15.0 Å². The van der Waals surface area contributed by atoms with Gasteiger partial charge in [-0.3, -0.25) is 0 Å². The minimum Gasteiger partial charge on any atom is -0.377 e. The first-order chi connectivity index (χ1) is 18.7. The highest BCUT2D eigenvalue weighted by atomic mass is 28.4. The van der Waals surface area contributed by atoms with E-state index in [2.05, 4.69) is 20.3 Å². The van der Waals surface area contributed by atoms with Crippen LogP contribution in [0.25, 0.3) is 0 Å². The summed E-state index contributed by atoms with van der Waals surface area (Å²) in [5, 5.41) is 3.22. The number of nitrogens with zero attached hydrogens (tertiary/aromatic N) is 4. The van der Waals surface area contributed by atoms with Crippen molar-refractivity contribution in [3.05, 3.63) is 0 Å². The Morgan fingerprint density at radius 1 is 0.590 bits per heavy atom. The van der Waals surface area contributed by atoms with Gasteiger partial charge in [0.2, 0.25) is 17.8 Å². The molecule has 1 aromatic heterocycles. The number of hydrogen-bond donors (Lipinski definition) is 2. The molecule has 3 N–H and O–H groups in total. The summed E-state index contributed by atoms with van der Waals surface area (Å²) in [6.45, 7) is 1.79.